The van der Waals surface area contributed by atoms with Crippen molar-refractivity contribution in [3.63, 3.8) is 0 Å². The summed E-state index contributed by atoms with van der Waals surface area (Å²) in [6.45, 7) is 5.28. The van der Waals surface area contributed by atoms with E-state index in [2.05, 4.69) is 23.1 Å². The number of likely N-dealkylation sites (N-methyl/N-ethyl adjacent to an activating group) is 1. The molecule has 2 aromatic rings. The summed E-state index contributed by atoms with van der Waals surface area (Å²) in [5.74, 6) is 1.04. The summed E-state index contributed by atoms with van der Waals surface area (Å²) < 4.78 is 5.20. The molecule has 0 bridgehead atoms. The summed E-state index contributed by atoms with van der Waals surface area (Å²) in [5.41, 5.74) is 3.01. The second-order valence-corrected chi connectivity index (χ2v) is 7.49. The third-order valence-corrected chi connectivity index (χ3v) is 5.23. The number of nitrogens with zero attached hydrogens (tertiary/aromatic N) is 4. The smallest absolute Gasteiger partial charge is 0.236 e. The van der Waals surface area contributed by atoms with Crippen LogP contribution >= 0.6 is 0 Å². The molecule has 0 saturated carbocycles. The SMILES string of the molecule is COc1ccc(CN2CCN(C(=O)CN(C)Cc3ccc(C#N)cc3)CC2)cc1. The van der Waals surface area contributed by atoms with Gasteiger partial charge in [0.1, 0.15) is 5.75 Å². The standard InChI is InChI=1S/C23H28N4O2/c1-25(16-20-5-3-19(15-24)4-6-20)18-23(28)27-13-11-26(12-14-27)17-21-7-9-22(29-2)10-8-21/h3-10H,11-14,16-18H2,1-2H3. The number of methoxy groups -OCH3 is 1. The Bertz CT molecular complexity index is 835. The van der Waals surface area contributed by atoms with Crippen molar-refractivity contribution in [2.75, 3.05) is 46.9 Å². The van der Waals surface area contributed by atoms with Crippen LogP contribution in [0.15, 0.2) is 48.5 Å². The lowest BCUT2D eigenvalue weighted by atomic mass is 10.1. The number of hydrogen-bond donors (Lipinski definition) is 0. The van der Waals surface area contributed by atoms with Gasteiger partial charge in [0.25, 0.3) is 0 Å². The summed E-state index contributed by atoms with van der Waals surface area (Å²) in [6.07, 6.45) is 0. The molecular formula is C23H28N4O2. The maximum absolute atomic E-state index is 12.6. The van der Waals surface area contributed by atoms with E-state index in [4.69, 9.17) is 10.00 Å². The first-order valence-corrected chi connectivity index (χ1v) is 9.88. The minimum atomic E-state index is 0.172. The van der Waals surface area contributed by atoms with Gasteiger partial charge >= 0.3 is 0 Å². The van der Waals surface area contributed by atoms with E-state index < -0.39 is 0 Å². The highest BCUT2D eigenvalue weighted by Crippen LogP contribution is 2.14. The molecule has 1 saturated heterocycles. The zero-order valence-corrected chi connectivity index (χ0v) is 17.2. The summed E-state index contributed by atoms with van der Waals surface area (Å²) >= 11 is 0. The number of nitriles is 1. The number of carbonyl (C=O) groups is 1. The van der Waals surface area contributed by atoms with Gasteiger partial charge in [-0.3, -0.25) is 14.6 Å². The topological polar surface area (TPSA) is 59.8 Å². The van der Waals surface area contributed by atoms with Gasteiger partial charge in [-0.2, -0.15) is 5.26 Å². The molecule has 0 aliphatic carbocycles. The van der Waals surface area contributed by atoms with Crippen molar-refractivity contribution in [2.24, 2.45) is 0 Å². The van der Waals surface area contributed by atoms with Crippen LogP contribution in [0.4, 0.5) is 0 Å². The molecule has 6 nitrogen and oxygen atoms in total. The van der Waals surface area contributed by atoms with Gasteiger partial charge in [0.2, 0.25) is 5.91 Å². The fraction of sp³-hybridized carbons (Fsp3) is 0.391. The van der Waals surface area contributed by atoms with Gasteiger partial charge in [0.05, 0.1) is 25.3 Å². The molecule has 0 atom stereocenters. The van der Waals surface area contributed by atoms with Crippen molar-refractivity contribution in [3.8, 4) is 11.8 Å². The van der Waals surface area contributed by atoms with Gasteiger partial charge in [0.15, 0.2) is 0 Å². The Balaban J connectivity index is 1.42. The Morgan fingerprint density at radius 3 is 2.24 bits per heavy atom. The first kappa shape index (κ1) is 20.8. The molecule has 152 valence electrons. The Kier molecular flexibility index (Phi) is 7.23. The summed E-state index contributed by atoms with van der Waals surface area (Å²) in [4.78, 5) is 19.0. The molecule has 3 rings (SSSR count). The lowest BCUT2D eigenvalue weighted by Crippen LogP contribution is -2.50. The van der Waals surface area contributed by atoms with Crippen LogP contribution in [0.1, 0.15) is 16.7 Å². The predicted molar refractivity (Wildman–Crippen MR) is 112 cm³/mol. The van der Waals surface area contributed by atoms with Crippen LogP contribution < -0.4 is 4.74 Å². The lowest BCUT2D eigenvalue weighted by molar-refractivity contribution is -0.134. The van der Waals surface area contributed by atoms with E-state index in [1.54, 1.807) is 7.11 Å². The van der Waals surface area contributed by atoms with E-state index in [-0.39, 0.29) is 5.91 Å². The number of hydrogen-bond acceptors (Lipinski definition) is 5. The van der Waals surface area contributed by atoms with Gasteiger partial charge in [-0.05, 0) is 42.4 Å². The van der Waals surface area contributed by atoms with E-state index in [9.17, 15) is 4.79 Å². The van der Waals surface area contributed by atoms with Gasteiger partial charge in [-0.15, -0.1) is 0 Å². The van der Waals surface area contributed by atoms with E-state index >= 15 is 0 Å². The minimum absolute atomic E-state index is 0.172. The molecule has 0 N–H and O–H groups in total. The molecule has 0 aromatic heterocycles. The van der Waals surface area contributed by atoms with Gasteiger partial charge < -0.3 is 9.64 Å². The van der Waals surface area contributed by atoms with E-state index in [0.29, 0.717) is 18.7 Å². The van der Waals surface area contributed by atoms with Gasteiger partial charge in [-0.25, -0.2) is 0 Å². The zero-order chi connectivity index (χ0) is 20.6. The van der Waals surface area contributed by atoms with E-state index in [0.717, 1.165) is 44.0 Å². The summed E-state index contributed by atoms with van der Waals surface area (Å²) in [6, 6.07) is 17.8. The number of rotatable bonds is 7. The van der Waals surface area contributed by atoms with Crippen molar-refractivity contribution in [1.29, 1.82) is 5.26 Å². The third-order valence-electron chi connectivity index (χ3n) is 5.23. The van der Waals surface area contributed by atoms with Crippen molar-refractivity contribution in [3.05, 3.63) is 65.2 Å². The number of amides is 1. The fourth-order valence-corrected chi connectivity index (χ4v) is 3.53. The highest BCUT2D eigenvalue weighted by atomic mass is 16.5. The maximum atomic E-state index is 12.6. The molecule has 1 amide bonds. The van der Waals surface area contributed by atoms with Crippen LogP contribution in [0, 0.1) is 11.3 Å². The number of carbonyl (C=O) groups excluding carboxylic acids is 1. The number of benzene rings is 2. The molecular weight excluding hydrogens is 364 g/mol. The molecule has 0 spiro atoms. The van der Waals surface area contributed by atoms with Crippen LogP contribution in [-0.2, 0) is 17.9 Å². The third kappa shape index (κ3) is 6.05. The zero-order valence-electron chi connectivity index (χ0n) is 17.2. The van der Waals surface area contributed by atoms with E-state index in [1.807, 2.05) is 53.2 Å². The number of ether oxygens (including phenoxy) is 1. The van der Waals surface area contributed by atoms with Crippen molar-refractivity contribution >= 4 is 5.91 Å². The molecule has 6 heteroatoms. The normalized spacial score (nSPS) is 14.6. The average molecular weight is 393 g/mol. The largest absolute Gasteiger partial charge is 0.497 e. The van der Waals surface area contributed by atoms with Crippen LogP contribution in [0.25, 0.3) is 0 Å². The molecule has 1 aliphatic heterocycles. The Morgan fingerprint density at radius 1 is 1.03 bits per heavy atom. The maximum Gasteiger partial charge on any atom is 0.236 e. The van der Waals surface area contributed by atoms with Crippen LogP contribution in [-0.4, -0.2) is 67.5 Å². The van der Waals surface area contributed by atoms with Crippen LogP contribution in [0.2, 0.25) is 0 Å². The van der Waals surface area contributed by atoms with Crippen LogP contribution in [0.3, 0.4) is 0 Å². The molecule has 1 heterocycles. The Labute approximate surface area is 172 Å². The average Bonchev–Trinajstić information content (AvgIpc) is 2.75. The molecule has 1 fully saturated rings. The molecule has 1 aliphatic rings. The molecule has 0 radical (unpaired) electrons. The van der Waals surface area contributed by atoms with Gasteiger partial charge in [-0.1, -0.05) is 24.3 Å². The highest BCUT2D eigenvalue weighted by molar-refractivity contribution is 5.78. The summed E-state index contributed by atoms with van der Waals surface area (Å²) in [5, 5.41) is 8.88. The van der Waals surface area contributed by atoms with Gasteiger partial charge in [0, 0.05) is 39.3 Å². The van der Waals surface area contributed by atoms with E-state index in [1.165, 1.54) is 5.56 Å². The monoisotopic (exact) mass is 392 g/mol. The second-order valence-electron chi connectivity index (χ2n) is 7.49. The number of piperazine rings is 1. The minimum Gasteiger partial charge on any atom is -0.497 e. The van der Waals surface area contributed by atoms with Crippen molar-refractivity contribution in [2.45, 2.75) is 13.1 Å². The van der Waals surface area contributed by atoms with Crippen molar-refractivity contribution < 1.29 is 9.53 Å². The molecule has 2 aromatic carbocycles. The Morgan fingerprint density at radius 2 is 1.66 bits per heavy atom. The molecule has 0 unspecified atom stereocenters. The lowest BCUT2D eigenvalue weighted by Gasteiger charge is -2.35. The second kappa shape index (κ2) is 10.1. The van der Waals surface area contributed by atoms with Crippen LogP contribution in [0.5, 0.6) is 5.75 Å². The fourth-order valence-electron chi connectivity index (χ4n) is 3.53. The molecule has 29 heavy (non-hydrogen) atoms. The summed E-state index contributed by atoms with van der Waals surface area (Å²) in [7, 11) is 3.63. The predicted octanol–water partition coefficient (Wildman–Crippen LogP) is 2.34. The first-order chi connectivity index (χ1) is 14.1. The Hall–Kier alpha value is -2.88. The highest BCUT2D eigenvalue weighted by Gasteiger charge is 2.22. The quantitative estimate of drug-likeness (QED) is 0.724. The van der Waals surface area contributed by atoms with Crippen molar-refractivity contribution in [1.82, 2.24) is 14.7 Å². The first-order valence-electron chi connectivity index (χ1n) is 9.88.